The number of rotatable bonds is 5. The lowest BCUT2D eigenvalue weighted by atomic mass is 9.73. The molecular weight excluding hydrogens is 364 g/mol. The second-order valence-electron chi connectivity index (χ2n) is 7.31. The Balaban J connectivity index is 0.00000300. The molecule has 29 heavy (non-hydrogen) atoms. The van der Waals surface area contributed by atoms with E-state index in [-0.39, 0.29) is 18.8 Å². The first-order valence-electron chi connectivity index (χ1n) is 9.37. The standard InChI is InChI=1S/C24H24O4.CH4/c1-4-27-23(26)19-12-14-24(2,3)21-11-10-17(16-20(19)21)13-15-28-22(25)18-8-6-5-7-9-18;/h5-13,15-16H,4,14H2,1-3H3;1H4. The summed E-state index contributed by atoms with van der Waals surface area (Å²) in [5.41, 5.74) is 3.84. The second kappa shape index (κ2) is 9.37. The fraction of sp³-hybridized carbons (Fsp3) is 0.280. The van der Waals surface area contributed by atoms with E-state index in [1.807, 2.05) is 30.3 Å². The molecule has 0 fully saturated rings. The summed E-state index contributed by atoms with van der Waals surface area (Å²) in [5, 5.41) is 0. The zero-order valence-corrected chi connectivity index (χ0v) is 16.4. The Bertz CT molecular complexity index is 937. The molecule has 0 aliphatic heterocycles. The highest BCUT2D eigenvalue weighted by atomic mass is 16.5. The van der Waals surface area contributed by atoms with Crippen molar-refractivity contribution in [2.75, 3.05) is 6.61 Å². The van der Waals surface area contributed by atoms with E-state index in [1.54, 1.807) is 37.3 Å². The maximum Gasteiger partial charge on any atom is 0.342 e. The van der Waals surface area contributed by atoms with Crippen LogP contribution in [0, 0.1) is 0 Å². The zero-order chi connectivity index (χ0) is 20.1. The highest BCUT2D eigenvalue weighted by Gasteiger charge is 2.31. The molecule has 0 aromatic heterocycles. The molecule has 4 heteroatoms. The summed E-state index contributed by atoms with van der Waals surface area (Å²) >= 11 is 0. The molecule has 0 saturated heterocycles. The van der Waals surface area contributed by atoms with E-state index in [4.69, 9.17) is 9.47 Å². The Morgan fingerprint density at radius 1 is 1.07 bits per heavy atom. The topological polar surface area (TPSA) is 52.6 Å². The first kappa shape index (κ1) is 22.2. The minimum atomic E-state index is -0.414. The molecule has 0 atom stereocenters. The molecule has 0 amide bonds. The smallest absolute Gasteiger partial charge is 0.342 e. The monoisotopic (exact) mass is 392 g/mol. The van der Waals surface area contributed by atoms with E-state index in [9.17, 15) is 9.59 Å². The van der Waals surface area contributed by atoms with Crippen molar-refractivity contribution >= 4 is 23.6 Å². The Morgan fingerprint density at radius 3 is 2.48 bits per heavy atom. The van der Waals surface area contributed by atoms with Crippen molar-refractivity contribution in [2.45, 2.75) is 40.0 Å². The van der Waals surface area contributed by atoms with Crippen LogP contribution in [0.3, 0.4) is 0 Å². The number of ether oxygens (including phenoxy) is 2. The average molecular weight is 392 g/mol. The summed E-state index contributed by atoms with van der Waals surface area (Å²) in [7, 11) is 0. The molecule has 0 unspecified atom stereocenters. The summed E-state index contributed by atoms with van der Waals surface area (Å²) < 4.78 is 10.4. The average Bonchev–Trinajstić information content (AvgIpc) is 2.68. The molecule has 0 bridgehead atoms. The van der Waals surface area contributed by atoms with Crippen LogP contribution in [0.15, 0.2) is 60.9 Å². The lowest BCUT2D eigenvalue weighted by Crippen LogP contribution is -2.24. The second-order valence-corrected chi connectivity index (χ2v) is 7.31. The van der Waals surface area contributed by atoms with Crippen LogP contribution in [0.5, 0.6) is 0 Å². The van der Waals surface area contributed by atoms with Gasteiger partial charge in [0.15, 0.2) is 0 Å². The van der Waals surface area contributed by atoms with Crippen LogP contribution in [-0.2, 0) is 19.7 Å². The molecule has 4 nitrogen and oxygen atoms in total. The van der Waals surface area contributed by atoms with Gasteiger partial charge in [-0.3, -0.25) is 0 Å². The van der Waals surface area contributed by atoms with Crippen LogP contribution in [-0.4, -0.2) is 18.5 Å². The highest BCUT2D eigenvalue weighted by molar-refractivity contribution is 6.17. The number of hydrogen-bond acceptors (Lipinski definition) is 4. The summed E-state index contributed by atoms with van der Waals surface area (Å²) in [5.74, 6) is -0.723. The van der Waals surface area contributed by atoms with Crippen LogP contribution < -0.4 is 0 Å². The van der Waals surface area contributed by atoms with Gasteiger partial charge in [0.1, 0.15) is 0 Å². The number of hydrogen-bond donors (Lipinski definition) is 0. The Morgan fingerprint density at radius 2 is 1.79 bits per heavy atom. The van der Waals surface area contributed by atoms with Gasteiger partial charge in [0, 0.05) is 0 Å². The minimum absolute atomic E-state index is 0. The lowest BCUT2D eigenvalue weighted by molar-refractivity contribution is -0.136. The van der Waals surface area contributed by atoms with E-state index in [0.29, 0.717) is 17.7 Å². The quantitative estimate of drug-likeness (QED) is 0.478. The molecule has 0 N–H and O–H groups in total. The molecular formula is C25H28O4. The van der Waals surface area contributed by atoms with E-state index in [0.717, 1.165) is 23.1 Å². The van der Waals surface area contributed by atoms with Crippen LogP contribution in [0.4, 0.5) is 0 Å². The van der Waals surface area contributed by atoms with Crippen LogP contribution in [0.2, 0.25) is 0 Å². The Kier molecular flexibility index (Phi) is 7.16. The fourth-order valence-corrected chi connectivity index (χ4v) is 3.27. The van der Waals surface area contributed by atoms with Gasteiger partial charge in [-0.25, -0.2) is 9.59 Å². The third kappa shape index (κ3) is 5.02. The van der Waals surface area contributed by atoms with Crippen LogP contribution >= 0.6 is 0 Å². The van der Waals surface area contributed by atoms with Crippen molar-refractivity contribution < 1.29 is 19.1 Å². The van der Waals surface area contributed by atoms with Crippen LogP contribution in [0.25, 0.3) is 11.6 Å². The van der Waals surface area contributed by atoms with E-state index >= 15 is 0 Å². The van der Waals surface area contributed by atoms with Crippen molar-refractivity contribution in [3.05, 3.63) is 83.1 Å². The first-order chi connectivity index (χ1) is 13.4. The fourth-order valence-electron chi connectivity index (χ4n) is 3.27. The zero-order valence-electron chi connectivity index (χ0n) is 16.4. The molecule has 3 rings (SSSR count). The summed E-state index contributed by atoms with van der Waals surface area (Å²) in [4.78, 5) is 24.4. The normalized spacial score (nSPS) is 14.4. The van der Waals surface area contributed by atoms with Crippen molar-refractivity contribution in [1.82, 2.24) is 0 Å². The predicted octanol–water partition coefficient (Wildman–Crippen LogP) is 5.78. The minimum Gasteiger partial charge on any atom is -0.462 e. The van der Waals surface area contributed by atoms with Gasteiger partial charge in [-0.15, -0.1) is 0 Å². The van der Waals surface area contributed by atoms with E-state index in [2.05, 4.69) is 13.8 Å². The van der Waals surface area contributed by atoms with Crippen molar-refractivity contribution in [2.24, 2.45) is 0 Å². The number of allylic oxidation sites excluding steroid dienone is 1. The van der Waals surface area contributed by atoms with Crippen molar-refractivity contribution in [1.29, 1.82) is 0 Å². The first-order valence-corrected chi connectivity index (χ1v) is 9.37. The summed E-state index contributed by atoms with van der Waals surface area (Å²) in [6.07, 6.45) is 5.81. The largest absolute Gasteiger partial charge is 0.462 e. The van der Waals surface area contributed by atoms with Gasteiger partial charge in [-0.1, -0.05) is 57.7 Å². The van der Waals surface area contributed by atoms with Gasteiger partial charge in [-0.05, 0) is 59.7 Å². The molecule has 152 valence electrons. The number of benzene rings is 2. The number of carbonyl (C=O) groups excluding carboxylic acids is 2. The Labute approximate surface area is 172 Å². The molecule has 1 aliphatic carbocycles. The molecule has 0 radical (unpaired) electrons. The maximum atomic E-state index is 12.4. The lowest BCUT2D eigenvalue weighted by Gasteiger charge is -2.31. The van der Waals surface area contributed by atoms with Crippen molar-refractivity contribution in [3.63, 3.8) is 0 Å². The third-order valence-corrected chi connectivity index (χ3v) is 4.82. The molecule has 2 aromatic carbocycles. The highest BCUT2D eigenvalue weighted by Crippen LogP contribution is 2.39. The van der Waals surface area contributed by atoms with E-state index in [1.165, 1.54) is 6.26 Å². The molecule has 2 aromatic rings. The summed E-state index contributed by atoms with van der Waals surface area (Å²) in [6.45, 7) is 6.44. The van der Waals surface area contributed by atoms with E-state index < -0.39 is 5.97 Å². The number of esters is 2. The van der Waals surface area contributed by atoms with Gasteiger partial charge in [0.05, 0.1) is 24.0 Å². The van der Waals surface area contributed by atoms with Gasteiger partial charge in [0.25, 0.3) is 0 Å². The molecule has 0 saturated carbocycles. The molecule has 0 heterocycles. The molecule has 0 spiro atoms. The van der Waals surface area contributed by atoms with Crippen molar-refractivity contribution in [3.8, 4) is 0 Å². The Hall–Kier alpha value is -3.14. The number of fused-ring (bicyclic) bond motifs is 1. The molecule has 1 aliphatic rings. The van der Waals surface area contributed by atoms with Gasteiger partial charge >= 0.3 is 11.9 Å². The SMILES string of the molecule is C.CCOC(=O)C1=CCC(C)(C)c2ccc(C=COC(=O)c3ccccc3)cc21. The van der Waals surface area contributed by atoms with Gasteiger partial charge in [-0.2, -0.15) is 0 Å². The summed E-state index contributed by atoms with van der Waals surface area (Å²) in [6, 6.07) is 14.7. The van der Waals surface area contributed by atoms with Gasteiger partial charge < -0.3 is 9.47 Å². The third-order valence-electron chi connectivity index (χ3n) is 4.82. The van der Waals surface area contributed by atoms with Gasteiger partial charge in [0.2, 0.25) is 0 Å². The number of carbonyl (C=O) groups is 2. The maximum absolute atomic E-state index is 12.4. The predicted molar refractivity (Wildman–Crippen MR) is 116 cm³/mol. The van der Waals surface area contributed by atoms with Crippen LogP contribution in [0.1, 0.15) is 61.7 Å².